The molecule has 98 valence electrons. The normalized spacial score (nSPS) is 15.9. The zero-order valence-electron chi connectivity index (χ0n) is 11.4. The van der Waals surface area contributed by atoms with Crippen molar-refractivity contribution in [1.29, 1.82) is 0 Å². The largest absolute Gasteiger partial charge is 0.334 e. The van der Waals surface area contributed by atoms with E-state index in [9.17, 15) is 4.79 Å². The van der Waals surface area contributed by atoms with Crippen molar-refractivity contribution in [2.45, 2.75) is 46.3 Å². The quantitative estimate of drug-likeness (QED) is 0.891. The smallest absolute Gasteiger partial charge is 0.223 e. The fourth-order valence-corrected chi connectivity index (χ4v) is 2.35. The highest BCUT2D eigenvalue weighted by Gasteiger charge is 2.23. The molecule has 18 heavy (non-hydrogen) atoms. The molecule has 1 aliphatic rings. The minimum atomic E-state index is 0.0516. The Morgan fingerprint density at radius 1 is 1.28 bits per heavy atom. The standard InChI is InChI=1S/C15H22N2O/c1-10(2)6-15(18)17-8-13-5-4-12(11(3)16)7-14(13)9-17/h4-5,7,10-11H,6,8-9,16H2,1-3H3. The van der Waals surface area contributed by atoms with E-state index in [0.29, 0.717) is 12.3 Å². The van der Waals surface area contributed by atoms with Gasteiger partial charge in [0, 0.05) is 25.6 Å². The molecule has 3 nitrogen and oxygen atoms in total. The molecule has 1 atom stereocenters. The average molecular weight is 246 g/mol. The minimum absolute atomic E-state index is 0.0516. The van der Waals surface area contributed by atoms with Crippen LogP contribution in [-0.4, -0.2) is 10.8 Å². The van der Waals surface area contributed by atoms with Crippen molar-refractivity contribution in [3.05, 3.63) is 34.9 Å². The molecule has 0 saturated heterocycles. The van der Waals surface area contributed by atoms with Crippen molar-refractivity contribution in [2.24, 2.45) is 11.7 Å². The Kier molecular flexibility index (Phi) is 3.71. The van der Waals surface area contributed by atoms with Gasteiger partial charge in [-0.1, -0.05) is 32.0 Å². The maximum absolute atomic E-state index is 12.0. The number of amides is 1. The molecule has 1 unspecified atom stereocenters. The summed E-state index contributed by atoms with van der Waals surface area (Å²) < 4.78 is 0. The highest BCUT2D eigenvalue weighted by Crippen LogP contribution is 2.26. The predicted molar refractivity (Wildman–Crippen MR) is 72.8 cm³/mol. The lowest BCUT2D eigenvalue weighted by molar-refractivity contribution is -0.132. The van der Waals surface area contributed by atoms with Gasteiger partial charge in [0.05, 0.1) is 0 Å². The Bertz CT molecular complexity index is 452. The molecule has 2 rings (SSSR count). The van der Waals surface area contributed by atoms with E-state index in [4.69, 9.17) is 5.73 Å². The first-order valence-electron chi connectivity index (χ1n) is 6.62. The number of nitrogens with zero attached hydrogens (tertiary/aromatic N) is 1. The van der Waals surface area contributed by atoms with Gasteiger partial charge in [-0.3, -0.25) is 4.79 Å². The van der Waals surface area contributed by atoms with E-state index < -0.39 is 0 Å². The number of hydrogen-bond donors (Lipinski definition) is 1. The summed E-state index contributed by atoms with van der Waals surface area (Å²) in [6, 6.07) is 6.37. The summed E-state index contributed by atoms with van der Waals surface area (Å²) in [6.07, 6.45) is 0.633. The second-order valence-corrected chi connectivity index (χ2v) is 5.66. The van der Waals surface area contributed by atoms with Crippen LogP contribution in [0.5, 0.6) is 0 Å². The van der Waals surface area contributed by atoms with Crippen LogP contribution >= 0.6 is 0 Å². The van der Waals surface area contributed by atoms with Crippen LogP contribution in [0.25, 0.3) is 0 Å². The molecule has 1 heterocycles. The van der Waals surface area contributed by atoms with Crippen LogP contribution in [-0.2, 0) is 17.9 Å². The molecule has 0 spiro atoms. The van der Waals surface area contributed by atoms with Crippen molar-refractivity contribution >= 4 is 5.91 Å². The van der Waals surface area contributed by atoms with Gasteiger partial charge in [0.15, 0.2) is 0 Å². The van der Waals surface area contributed by atoms with E-state index in [1.807, 2.05) is 11.8 Å². The summed E-state index contributed by atoms with van der Waals surface area (Å²) in [7, 11) is 0. The summed E-state index contributed by atoms with van der Waals surface area (Å²) in [5.74, 6) is 0.671. The van der Waals surface area contributed by atoms with Crippen molar-refractivity contribution in [1.82, 2.24) is 4.90 Å². The van der Waals surface area contributed by atoms with Crippen LogP contribution in [0.1, 0.15) is 49.9 Å². The van der Waals surface area contributed by atoms with E-state index in [0.717, 1.165) is 18.7 Å². The monoisotopic (exact) mass is 246 g/mol. The first kappa shape index (κ1) is 13.1. The molecule has 3 heteroatoms. The number of benzene rings is 1. The van der Waals surface area contributed by atoms with Crippen LogP contribution in [0, 0.1) is 5.92 Å². The summed E-state index contributed by atoms with van der Waals surface area (Å²) in [4.78, 5) is 14.0. The van der Waals surface area contributed by atoms with Crippen molar-refractivity contribution in [3.63, 3.8) is 0 Å². The number of fused-ring (bicyclic) bond motifs is 1. The number of carbonyl (C=O) groups excluding carboxylic acids is 1. The van der Waals surface area contributed by atoms with E-state index in [1.165, 1.54) is 11.1 Å². The molecule has 0 saturated carbocycles. The minimum Gasteiger partial charge on any atom is -0.334 e. The third kappa shape index (κ3) is 2.72. The Labute approximate surface area is 109 Å². The summed E-state index contributed by atoms with van der Waals surface area (Å²) in [5, 5.41) is 0. The van der Waals surface area contributed by atoms with Gasteiger partial charge < -0.3 is 10.6 Å². The molecule has 1 aliphatic heterocycles. The number of hydrogen-bond acceptors (Lipinski definition) is 2. The molecule has 1 aromatic rings. The number of rotatable bonds is 3. The summed E-state index contributed by atoms with van der Waals surface area (Å²) in [6.45, 7) is 7.63. The average Bonchev–Trinajstić information content (AvgIpc) is 2.70. The third-order valence-corrected chi connectivity index (χ3v) is 3.41. The fourth-order valence-electron chi connectivity index (χ4n) is 2.35. The van der Waals surface area contributed by atoms with Gasteiger partial charge in [-0.25, -0.2) is 0 Å². The Morgan fingerprint density at radius 2 is 1.94 bits per heavy atom. The van der Waals surface area contributed by atoms with Gasteiger partial charge in [-0.15, -0.1) is 0 Å². The topological polar surface area (TPSA) is 46.3 Å². The number of carbonyl (C=O) groups is 1. The second kappa shape index (κ2) is 5.11. The van der Waals surface area contributed by atoms with E-state index in [-0.39, 0.29) is 11.9 Å². The number of nitrogens with two attached hydrogens (primary N) is 1. The molecule has 0 radical (unpaired) electrons. The maximum Gasteiger partial charge on any atom is 0.223 e. The Morgan fingerprint density at radius 3 is 2.56 bits per heavy atom. The van der Waals surface area contributed by atoms with E-state index >= 15 is 0 Å². The highest BCUT2D eigenvalue weighted by atomic mass is 16.2. The van der Waals surface area contributed by atoms with Crippen molar-refractivity contribution in [2.75, 3.05) is 0 Å². The second-order valence-electron chi connectivity index (χ2n) is 5.66. The fraction of sp³-hybridized carbons (Fsp3) is 0.533. The molecule has 2 N–H and O–H groups in total. The lowest BCUT2D eigenvalue weighted by atomic mass is 10.0. The molecular weight excluding hydrogens is 224 g/mol. The zero-order valence-corrected chi connectivity index (χ0v) is 11.4. The molecule has 1 aromatic carbocycles. The van der Waals surface area contributed by atoms with Crippen LogP contribution in [0.15, 0.2) is 18.2 Å². The van der Waals surface area contributed by atoms with Crippen LogP contribution in [0.3, 0.4) is 0 Å². The van der Waals surface area contributed by atoms with Gasteiger partial charge in [0.2, 0.25) is 5.91 Å². The summed E-state index contributed by atoms with van der Waals surface area (Å²) in [5.41, 5.74) is 9.55. The SMILES string of the molecule is CC(C)CC(=O)N1Cc2ccc(C(C)N)cc2C1. The Hall–Kier alpha value is -1.35. The van der Waals surface area contributed by atoms with Crippen molar-refractivity contribution < 1.29 is 4.79 Å². The molecule has 1 amide bonds. The van der Waals surface area contributed by atoms with E-state index in [2.05, 4.69) is 32.0 Å². The van der Waals surface area contributed by atoms with Gasteiger partial charge in [0.1, 0.15) is 0 Å². The van der Waals surface area contributed by atoms with Crippen LogP contribution in [0.2, 0.25) is 0 Å². The lowest BCUT2D eigenvalue weighted by Gasteiger charge is -2.16. The molecule has 0 aromatic heterocycles. The predicted octanol–water partition coefficient (Wildman–Crippen LogP) is 2.59. The van der Waals surface area contributed by atoms with Gasteiger partial charge in [-0.2, -0.15) is 0 Å². The zero-order chi connectivity index (χ0) is 13.3. The van der Waals surface area contributed by atoms with Gasteiger partial charge in [0.25, 0.3) is 0 Å². The Balaban J connectivity index is 2.10. The van der Waals surface area contributed by atoms with Crippen molar-refractivity contribution in [3.8, 4) is 0 Å². The first-order valence-corrected chi connectivity index (χ1v) is 6.62. The molecule has 0 aliphatic carbocycles. The molecule has 0 bridgehead atoms. The maximum atomic E-state index is 12.0. The van der Waals surface area contributed by atoms with Crippen LogP contribution < -0.4 is 5.73 Å². The van der Waals surface area contributed by atoms with Gasteiger partial charge >= 0.3 is 0 Å². The van der Waals surface area contributed by atoms with Gasteiger partial charge in [-0.05, 0) is 29.5 Å². The van der Waals surface area contributed by atoms with E-state index in [1.54, 1.807) is 0 Å². The van der Waals surface area contributed by atoms with Crippen LogP contribution in [0.4, 0.5) is 0 Å². The summed E-state index contributed by atoms with van der Waals surface area (Å²) >= 11 is 0. The third-order valence-electron chi connectivity index (χ3n) is 3.41. The highest BCUT2D eigenvalue weighted by molar-refractivity contribution is 5.77. The molecule has 0 fully saturated rings. The molecular formula is C15H22N2O. The first-order chi connectivity index (χ1) is 8.47. The lowest BCUT2D eigenvalue weighted by Crippen LogP contribution is -2.26.